The second kappa shape index (κ2) is 11.4. The molecule has 0 aromatic heterocycles. The molecule has 1 heterocycles. The Hall–Kier alpha value is -1.46. The van der Waals surface area contributed by atoms with Gasteiger partial charge in [0.25, 0.3) is 0 Å². The first-order valence-electron chi connectivity index (χ1n) is 9.93. The van der Waals surface area contributed by atoms with Gasteiger partial charge in [-0.1, -0.05) is 25.0 Å². The molecule has 1 aliphatic rings. The van der Waals surface area contributed by atoms with Crippen molar-refractivity contribution in [1.82, 2.24) is 0 Å². The maximum Gasteiger partial charge on any atom is 0.303 e. The summed E-state index contributed by atoms with van der Waals surface area (Å²) in [7, 11) is 0. The van der Waals surface area contributed by atoms with Crippen molar-refractivity contribution in [2.45, 2.75) is 91.0 Å². The highest BCUT2D eigenvalue weighted by molar-refractivity contribution is 5.67. The van der Waals surface area contributed by atoms with E-state index in [1.807, 2.05) is 20.8 Å². The van der Waals surface area contributed by atoms with Crippen LogP contribution in [0.2, 0.25) is 0 Å². The van der Waals surface area contributed by atoms with Gasteiger partial charge in [-0.15, -0.1) is 0 Å². The molecule has 1 rings (SSSR count). The van der Waals surface area contributed by atoms with Crippen molar-refractivity contribution >= 4 is 12.3 Å². The zero-order chi connectivity index (χ0) is 20.4. The van der Waals surface area contributed by atoms with Crippen LogP contribution in [0.15, 0.2) is 23.3 Å². The normalized spacial score (nSPS) is 26.7. The summed E-state index contributed by atoms with van der Waals surface area (Å²) in [6, 6.07) is 0. The number of carbonyl (C=O) groups excluding carboxylic acids is 2. The average Bonchev–Trinajstić information content (AvgIpc) is 2.73. The standard InChI is InChI=1S/C22H36O5/c1-16(2)8-10-20(25)17(3)7-6-13-22(5)21(27-18(4)24)11-9-19(12-14-23)15-26-22/h8,12,14,17,20-21,25H,6-7,9-11,13,15H2,1-5H3/b19-12+/t17?,20?,21-,22+/m1/s1. The summed E-state index contributed by atoms with van der Waals surface area (Å²) in [5.41, 5.74) is 1.55. The van der Waals surface area contributed by atoms with Crippen LogP contribution in [0.4, 0.5) is 0 Å². The van der Waals surface area contributed by atoms with Crippen LogP contribution in [0.1, 0.15) is 73.1 Å². The minimum atomic E-state index is -0.589. The van der Waals surface area contributed by atoms with Gasteiger partial charge >= 0.3 is 5.97 Å². The lowest BCUT2D eigenvalue weighted by atomic mass is 9.87. The predicted octanol–water partition coefficient (Wildman–Crippen LogP) is 4.14. The minimum absolute atomic E-state index is 0.188. The number of aliphatic hydroxyl groups excluding tert-OH is 1. The molecule has 0 spiro atoms. The number of esters is 1. The Morgan fingerprint density at radius 2 is 2.11 bits per heavy atom. The first-order chi connectivity index (χ1) is 12.7. The topological polar surface area (TPSA) is 72.8 Å². The van der Waals surface area contributed by atoms with Gasteiger partial charge in [0.1, 0.15) is 18.0 Å². The highest BCUT2D eigenvalue weighted by Crippen LogP contribution is 2.34. The van der Waals surface area contributed by atoms with Gasteiger partial charge in [0, 0.05) is 6.92 Å². The third kappa shape index (κ3) is 8.39. The lowest BCUT2D eigenvalue weighted by molar-refractivity contribution is -0.167. The Kier molecular flexibility index (Phi) is 9.95. The maximum absolute atomic E-state index is 11.5. The Morgan fingerprint density at radius 1 is 1.41 bits per heavy atom. The molecule has 0 radical (unpaired) electrons. The molecule has 27 heavy (non-hydrogen) atoms. The molecule has 5 nitrogen and oxygen atoms in total. The largest absolute Gasteiger partial charge is 0.459 e. The van der Waals surface area contributed by atoms with Gasteiger partial charge < -0.3 is 14.6 Å². The molecule has 0 aliphatic carbocycles. The first kappa shape index (κ1) is 23.6. The molecular formula is C22H36O5. The van der Waals surface area contributed by atoms with E-state index in [-0.39, 0.29) is 24.1 Å². The molecule has 1 N–H and O–H groups in total. The van der Waals surface area contributed by atoms with E-state index < -0.39 is 5.60 Å². The zero-order valence-corrected chi connectivity index (χ0v) is 17.5. The number of aliphatic hydroxyl groups is 1. The highest BCUT2D eigenvalue weighted by atomic mass is 16.6. The molecule has 0 amide bonds. The van der Waals surface area contributed by atoms with Crippen molar-refractivity contribution in [3.63, 3.8) is 0 Å². The van der Waals surface area contributed by atoms with E-state index >= 15 is 0 Å². The number of hydrogen-bond donors (Lipinski definition) is 1. The molecule has 0 aromatic carbocycles. The maximum atomic E-state index is 11.5. The molecule has 0 aromatic rings. The van der Waals surface area contributed by atoms with Gasteiger partial charge in [0.15, 0.2) is 0 Å². The summed E-state index contributed by atoms with van der Waals surface area (Å²) in [5.74, 6) is -0.129. The summed E-state index contributed by atoms with van der Waals surface area (Å²) < 4.78 is 11.7. The quantitative estimate of drug-likeness (QED) is 0.282. The van der Waals surface area contributed by atoms with Gasteiger partial charge in [-0.2, -0.15) is 0 Å². The predicted molar refractivity (Wildman–Crippen MR) is 106 cm³/mol. The molecule has 0 bridgehead atoms. The van der Waals surface area contributed by atoms with Crippen LogP contribution >= 0.6 is 0 Å². The minimum Gasteiger partial charge on any atom is -0.459 e. The van der Waals surface area contributed by atoms with E-state index in [9.17, 15) is 14.7 Å². The van der Waals surface area contributed by atoms with Crippen molar-refractivity contribution in [3.8, 4) is 0 Å². The molecule has 154 valence electrons. The summed E-state index contributed by atoms with van der Waals surface area (Å²) in [6.45, 7) is 9.90. The van der Waals surface area contributed by atoms with Gasteiger partial charge in [0.2, 0.25) is 0 Å². The second-order valence-electron chi connectivity index (χ2n) is 8.15. The van der Waals surface area contributed by atoms with E-state index in [0.717, 1.165) is 31.1 Å². The number of allylic oxidation sites excluding steroid dienone is 2. The Balaban J connectivity index is 2.68. The number of ether oxygens (including phenoxy) is 2. The molecule has 1 aliphatic heterocycles. The Bertz CT molecular complexity index is 547. The SMILES string of the molecule is CC(=O)O[C@@H]1CC/C(=C\C=O)CO[C@@]1(C)CCCC(C)C(O)CC=C(C)C. The summed E-state index contributed by atoms with van der Waals surface area (Å²) >= 11 is 0. The van der Waals surface area contributed by atoms with Crippen LogP contribution in [0.3, 0.4) is 0 Å². The third-order valence-electron chi connectivity index (χ3n) is 5.37. The Labute approximate surface area is 163 Å². The fourth-order valence-corrected chi connectivity index (χ4v) is 3.45. The van der Waals surface area contributed by atoms with E-state index in [1.54, 1.807) is 0 Å². The van der Waals surface area contributed by atoms with Crippen LogP contribution < -0.4 is 0 Å². The van der Waals surface area contributed by atoms with Crippen LogP contribution in [-0.2, 0) is 19.1 Å². The Morgan fingerprint density at radius 3 is 2.70 bits per heavy atom. The number of hydrogen-bond acceptors (Lipinski definition) is 5. The molecule has 1 saturated heterocycles. The van der Waals surface area contributed by atoms with Crippen molar-refractivity contribution < 1.29 is 24.2 Å². The van der Waals surface area contributed by atoms with Crippen LogP contribution in [0.5, 0.6) is 0 Å². The molecule has 1 fully saturated rings. The van der Waals surface area contributed by atoms with E-state index in [2.05, 4.69) is 13.0 Å². The van der Waals surface area contributed by atoms with Crippen LogP contribution in [-0.4, -0.2) is 41.8 Å². The van der Waals surface area contributed by atoms with Crippen LogP contribution in [0.25, 0.3) is 0 Å². The summed E-state index contributed by atoms with van der Waals surface area (Å²) in [6.07, 6.45) is 8.18. The zero-order valence-electron chi connectivity index (χ0n) is 17.5. The monoisotopic (exact) mass is 380 g/mol. The van der Waals surface area contributed by atoms with E-state index in [4.69, 9.17) is 9.47 Å². The fraction of sp³-hybridized carbons (Fsp3) is 0.727. The first-order valence-corrected chi connectivity index (χ1v) is 9.93. The molecular weight excluding hydrogens is 344 g/mol. The molecule has 0 saturated carbocycles. The second-order valence-corrected chi connectivity index (χ2v) is 8.15. The summed E-state index contributed by atoms with van der Waals surface area (Å²) in [4.78, 5) is 22.3. The van der Waals surface area contributed by atoms with Crippen molar-refractivity contribution in [2.75, 3.05) is 6.61 Å². The van der Waals surface area contributed by atoms with Crippen molar-refractivity contribution in [2.24, 2.45) is 5.92 Å². The smallest absolute Gasteiger partial charge is 0.303 e. The lowest BCUT2D eigenvalue weighted by Crippen LogP contribution is -2.43. The van der Waals surface area contributed by atoms with Gasteiger partial charge in [0.05, 0.1) is 12.7 Å². The number of aldehydes is 1. The number of rotatable bonds is 9. The third-order valence-corrected chi connectivity index (χ3v) is 5.37. The molecule has 2 unspecified atom stereocenters. The van der Waals surface area contributed by atoms with Gasteiger partial charge in [-0.05, 0) is 70.4 Å². The fourth-order valence-electron chi connectivity index (χ4n) is 3.45. The average molecular weight is 381 g/mol. The highest BCUT2D eigenvalue weighted by Gasteiger charge is 2.39. The number of carbonyl (C=O) groups is 2. The van der Waals surface area contributed by atoms with Crippen LogP contribution in [0, 0.1) is 5.92 Å². The molecule has 5 heteroatoms. The van der Waals surface area contributed by atoms with Gasteiger partial charge in [-0.3, -0.25) is 9.59 Å². The van der Waals surface area contributed by atoms with E-state index in [0.29, 0.717) is 25.9 Å². The van der Waals surface area contributed by atoms with Gasteiger partial charge in [-0.25, -0.2) is 0 Å². The van der Waals surface area contributed by atoms with Crippen molar-refractivity contribution in [1.29, 1.82) is 0 Å². The molecule has 4 atom stereocenters. The lowest BCUT2D eigenvalue weighted by Gasteiger charge is -2.35. The van der Waals surface area contributed by atoms with Crippen molar-refractivity contribution in [3.05, 3.63) is 23.3 Å². The van der Waals surface area contributed by atoms with E-state index in [1.165, 1.54) is 18.6 Å². The summed E-state index contributed by atoms with van der Waals surface area (Å²) in [5, 5.41) is 10.3.